The van der Waals surface area contributed by atoms with Crippen LogP contribution in [0.1, 0.15) is 22.2 Å². The molecule has 0 aliphatic heterocycles. The highest BCUT2D eigenvalue weighted by molar-refractivity contribution is 9.10. The van der Waals surface area contributed by atoms with Gasteiger partial charge in [-0.2, -0.15) is 0 Å². The Morgan fingerprint density at radius 3 is 2.53 bits per heavy atom. The number of carbonyl (C=O) groups is 1. The number of carbonyl (C=O) groups excluding carboxylic acids is 1. The quantitative estimate of drug-likeness (QED) is 0.590. The van der Waals surface area contributed by atoms with Crippen LogP contribution >= 0.6 is 39.0 Å². The molecule has 1 aromatic heterocycles. The molecule has 1 nitrogen and oxygen atoms in total. The Balaban J connectivity index is 2.23. The first-order valence-corrected chi connectivity index (χ1v) is 7.88. The van der Waals surface area contributed by atoms with Crippen LogP contribution in [0.2, 0.25) is 0 Å². The van der Waals surface area contributed by atoms with Gasteiger partial charge in [-0.25, -0.2) is 0 Å². The van der Waals surface area contributed by atoms with Crippen molar-refractivity contribution < 1.29 is 4.79 Å². The first-order chi connectivity index (χ1) is 8.22. The van der Waals surface area contributed by atoms with E-state index < -0.39 is 0 Å². The van der Waals surface area contributed by atoms with E-state index in [0.717, 1.165) is 20.7 Å². The average Bonchev–Trinajstić information content (AvgIpc) is 2.76. The summed E-state index contributed by atoms with van der Waals surface area (Å²) >= 11 is 6.63. The van der Waals surface area contributed by atoms with Gasteiger partial charge in [-0.15, -0.1) is 23.1 Å². The Bertz CT molecular complexity index is 516. The van der Waals surface area contributed by atoms with E-state index in [4.69, 9.17) is 0 Å². The maximum absolute atomic E-state index is 12.2. The first kappa shape index (κ1) is 12.9. The molecule has 0 radical (unpaired) electrons. The van der Waals surface area contributed by atoms with E-state index in [-0.39, 0.29) is 5.78 Å². The van der Waals surface area contributed by atoms with E-state index >= 15 is 0 Å². The molecule has 0 aliphatic carbocycles. The van der Waals surface area contributed by atoms with Crippen molar-refractivity contribution >= 4 is 44.8 Å². The molecule has 0 amide bonds. The normalized spacial score (nSPS) is 10.5. The molecular weight excluding hydrogens is 316 g/mol. The summed E-state index contributed by atoms with van der Waals surface area (Å²) in [6.45, 7) is 2.12. The van der Waals surface area contributed by atoms with Crippen molar-refractivity contribution in [2.45, 2.75) is 11.8 Å². The number of rotatable bonds is 4. The van der Waals surface area contributed by atoms with Crippen molar-refractivity contribution in [3.8, 4) is 0 Å². The van der Waals surface area contributed by atoms with Crippen molar-refractivity contribution in [1.82, 2.24) is 0 Å². The fourth-order valence-corrected chi connectivity index (χ4v) is 3.63. The van der Waals surface area contributed by atoms with Crippen LogP contribution < -0.4 is 0 Å². The van der Waals surface area contributed by atoms with Gasteiger partial charge in [0.05, 0.1) is 4.88 Å². The minimum atomic E-state index is 0.0833. The van der Waals surface area contributed by atoms with Gasteiger partial charge in [-0.1, -0.05) is 6.92 Å². The molecule has 88 valence electrons. The highest BCUT2D eigenvalue weighted by Crippen LogP contribution is 2.26. The van der Waals surface area contributed by atoms with Crippen LogP contribution in [0.4, 0.5) is 0 Å². The number of halogens is 1. The summed E-state index contributed by atoms with van der Waals surface area (Å²) < 4.78 is 0.875. The van der Waals surface area contributed by atoms with Crippen molar-refractivity contribution in [1.29, 1.82) is 0 Å². The average molecular weight is 327 g/mol. The minimum absolute atomic E-state index is 0.0833. The fraction of sp³-hybridized carbons (Fsp3) is 0.154. The van der Waals surface area contributed by atoms with Crippen molar-refractivity contribution in [2.75, 3.05) is 5.75 Å². The fourth-order valence-electron chi connectivity index (χ4n) is 1.46. The Kier molecular flexibility index (Phi) is 4.42. The predicted molar refractivity (Wildman–Crippen MR) is 78.3 cm³/mol. The van der Waals surface area contributed by atoms with Gasteiger partial charge in [0.25, 0.3) is 0 Å². The predicted octanol–water partition coefficient (Wildman–Crippen LogP) is 4.85. The largest absolute Gasteiger partial charge is 0.288 e. The van der Waals surface area contributed by atoms with Crippen LogP contribution in [0.15, 0.2) is 45.1 Å². The van der Waals surface area contributed by atoms with Crippen LogP contribution in [0.3, 0.4) is 0 Å². The second kappa shape index (κ2) is 5.85. The van der Waals surface area contributed by atoms with Crippen molar-refractivity contribution in [3.63, 3.8) is 0 Å². The molecule has 0 saturated heterocycles. The molecule has 1 aromatic carbocycles. The molecule has 0 unspecified atom stereocenters. The maximum Gasteiger partial charge on any atom is 0.204 e. The number of benzene rings is 1. The van der Waals surface area contributed by atoms with Crippen LogP contribution in [0.5, 0.6) is 0 Å². The zero-order valence-electron chi connectivity index (χ0n) is 9.27. The van der Waals surface area contributed by atoms with Gasteiger partial charge in [0, 0.05) is 14.9 Å². The zero-order valence-corrected chi connectivity index (χ0v) is 12.5. The number of thioether (sulfide) groups is 1. The van der Waals surface area contributed by atoms with Crippen LogP contribution in [0.25, 0.3) is 0 Å². The Morgan fingerprint density at radius 2 is 2.00 bits per heavy atom. The molecule has 0 bridgehead atoms. The van der Waals surface area contributed by atoms with Gasteiger partial charge in [-0.3, -0.25) is 4.79 Å². The Morgan fingerprint density at radius 1 is 1.29 bits per heavy atom. The van der Waals surface area contributed by atoms with Gasteiger partial charge < -0.3 is 0 Å². The van der Waals surface area contributed by atoms with E-state index in [1.54, 1.807) is 11.8 Å². The monoisotopic (exact) mass is 326 g/mol. The number of hydrogen-bond donors (Lipinski definition) is 0. The van der Waals surface area contributed by atoms with Gasteiger partial charge >= 0.3 is 0 Å². The third-order valence-electron chi connectivity index (χ3n) is 2.25. The van der Waals surface area contributed by atoms with E-state index in [9.17, 15) is 4.79 Å². The first-order valence-electron chi connectivity index (χ1n) is 5.23. The van der Waals surface area contributed by atoms with Gasteiger partial charge in [0.15, 0.2) is 0 Å². The summed E-state index contributed by atoms with van der Waals surface area (Å²) in [6.07, 6.45) is 0. The second-order valence-electron chi connectivity index (χ2n) is 3.38. The Labute approximate surface area is 117 Å². The summed E-state index contributed by atoms with van der Waals surface area (Å²) in [4.78, 5) is 14.1. The lowest BCUT2D eigenvalue weighted by Gasteiger charge is -2.01. The van der Waals surface area contributed by atoms with Crippen LogP contribution in [-0.2, 0) is 0 Å². The summed E-state index contributed by atoms with van der Waals surface area (Å²) in [7, 11) is 0. The summed E-state index contributed by atoms with van der Waals surface area (Å²) in [5.74, 6) is 1.13. The van der Waals surface area contributed by atoms with E-state index in [1.165, 1.54) is 16.2 Å². The van der Waals surface area contributed by atoms with Gasteiger partial charge in [0.2, 0.25) is 5.78 Å². The van der Waals surface area contributed by atoms with Gasteiger partial charge in [0.1, 0.15) is 0 Å². The zero-order chi connectivity index (χ0) is 12.3. The molecule has 17 heavy (non-hydrogen) atoms. The lowest BCUT2D eigenvalue weighted by atomic mass is 10.1. The highest BCUT2D eigenvalue weighted by atomic mass is 79.9. The lowest BCUT2D eigenvalue weighted by molar-refractivity contribution is 0.104. The molecule has 0 atom stereocenters. The van der Waals surface area contributed by atoms with Crippen molar-refractivity contribution in [2.24, 2.45) is 0 Å². The summed E-state index contributed by atoms with van der Waals surface area (Å²) in [6, 6.07) is 9.70. The molecule has 4 heteroatoms. The van der Waals surface area contributed by atoms with Gasteiger partial charge in [-0.05, 0) is 57.4 Å². The highest BCUT2D eigenvalue weighted by Gasteiger charge is 2.13. The third-order valence-corrected chi connectivity index (χ3v) is 4.98. The molecule has 0 N–H and O–H groups in total. The van der Waals surface area contributed by atoms with E-state index in [2.05, 4.69) is 22.9 Å². The molecule has 0 aliphatic rings. The molecule has 0 spiro atoms. The lowest BCUT2D eigenvalue weighted by Crippen LogP contribution is -1.98. The van der Waals surface area contributed by atoms with Crippen molar-refractivity contribution in [3.05, 3.63) is 50.6 Å². The third kappa shape index (κ3) is 3.00. The summed E-state index contributed by atoms with van der Waals surface area (Å²) in [5.41, 5.74) is 0.744. The molecule has 0 fully saturated rings. The van der Waals surface area contributed by atoms with E-state index in [0.29, 0.717) is 0 Å². The SMILES string of the molecule is CCSc1ccc(C(=O)c2sccc2Br)cc1. The van der Waals surface area contributed by atoms with Crippen LogP contribution in [0, 0.1) is 0 Å². The minimum Gasteiger partial charge on any atom is -0.288 e. The standard InChI is InChI=1S/C13H11BrOS2/c1-2-16-10-5-3-9(4-6-10)12(15)13-11(14)7-8-17-13/h3-8H,2H2,1H3. The maximum atomic E-state index is 12.2. The molecular formula is C13H11BrOS2. The number of ketones is 1. The topological polar surface area (TPSA) is 17.1 Å². The summed E-state index contributed by atoms with van der Waals surface area (Å²) in [5, 5.41) is 1.92. The number of thiophene rings is 1. The smallest absolute Gasteiger partial charge is 0.204 e. The second-order valence-corrected chi connectivity index (χ2v) is 6.49. The Hall–Kier alpha value is -0.580. The van der Waals surface area contributed by atoms with Crippen LogP contribution in [-0.4, -0.2) is 11.5 Å². The molecule has 0 saturated carbocycles. The van der Waals surface area contributed by atoms with E-state index in [1.807, 2.05) is 35.7 Å². The molecule has 2 rings (SSSR count). The molecule has 2 aromatic rings. The number of hydrogen-bond acceptors (Lipinski definition) is 3. The molecule has 1 heterocycles.